The molecule has 31 heavy (non-hydrogen) atoms. The minimum Gasteiger partial charge on any atom is -0.497 e. The van der Waals surface area contributed by atoms with Crippen molar-refractivity contribution in [2.75, 3.05) is 25.7 Å². The number of rotatable bonds is 6. The van der Waals surface area contributed by atoms with Crippen LogP contribution in [0.1, 0.15) is 5.56 Å². The maximum atomic E-state index is 13.4. The summed E-state index contributed by atoms with van der Waals surface area (Å²) in [7, 11) is 3.21. The van der Waals surface area contributed by atoms with Gasteiger partial charge in [-0.3, -0.25) is 9.59 Å². The second-order valence-electron chi connectivity index (χ2n) is 8.09. The Morgan fingerprint density at radius 2 is 1.94 bits per heavy atom. The molecule has 1 spiro atoms. The van der Waals surface area contributed by atoms with Crippen LogP contribution >= 0.6 is 0 Å². The second-order valence-corrected chi connectivity index (χ2v) is 8.09. The first-order chi connectivity index (χ1) is 15.0. The number of methoxy groups -OCH3 is 2. The molecule has 2 amide bonds. The van der Waals surface area contributed by atoms with Gasteiger partial charge in [0, 0.05) is 12.2 Å². The van der Waals surface area contributed by atoms with Crippen molar-refractivity contribution >= 4 is 17.5 Å². The van der Waals surface area contributed by atoms with E-state index in [1.54, 1.807) is 19.1 Å². The van der Waals surface area contributed by atoms with Crippen molar-refractivity contribution < 1.29 is 23.8 Å². The van der Waals surface area contributed by atoms with Crippen LogP contribution in [0.2, 0.25) is 0 Å². The Kier molecular flexibility index (Phi) is 4.70. The molecule has 4 atom stereocenters. The average Bonchev–Trinajstić information content (AvgIpc) is 3.46. The zero-order chi connectivity index (χ0) is 21.6. The first kappa shape index (κ1) is 19.6. The first-order valence-corrected chi connectivity index (χ1v) is 10.3. The van der Waals surface area contributed by atoms with Crippen molar-refractivity contribution in [2.24, 2.45) is 11.8 Å². The fourth-order valence-electron chi connectivity index (χ4n) is 4.87. The van der Waals surface area contributed by atoms with Gasteiger partial charge in [-0.15, -0.1) is 0 Å². The lowest BCUT2D eigenvalue weighted by atomic mass is 9.77. The fraction of sp³-hybridized carbons (Fsp3) is 0.333. The van der Waals surface area contributed by atoms with E-state index in [2.05, 4.69) is 5.32 Å². The number of hydrogen-bond donors (Lipinski definition) is 1. The standard InChI is InChI=1S/C24H24N2O5/c1-29-17-8-6-16(7-9-17)26-14-24-11-10-19(31-24)20(21(24)23(26)28)22(27)25-13-15-4-3-5-18(12-15)30-2/h3-12,19-21H,13-14H2,1-2H3,(H,25,27)/t19-,20+,21+,24-/m1/s1. The van der Waals surface area contributed by atoms with E-state index >= 15 is 0 Å². The molecule has 3 aliphatic heterocycles. The topological polar surface area (TPSA) is 77.1 Å². The van der Waals surface area contributed by atoms with E-state index in [0.29, 0.717) is 13.1 Å². The van der Waals surface area contributed by atoms with E-state index in [-0.39, 0.29) is 17.9 Å². The molecule has 7 heteroatoms. The lowest BCUT2D eigenvalue weighted by Crippen LogP contribution is -2.43. The molecule has 2 aromatic rings. The SMILES string of the molecule is COc1ccc(N2C[C@@]34C=C[C@@H](O3)[C@H](C(=O)NCc3cccc(OC)c3)[C@H]4C2=O)cc1. The molecule has 3 heterocycles. The number of anilines is 1. The molecular weight excluding hydrogens is 396 g/mol. The number of nitrogens with zero attached hydrogens (tertiary/aromatic N) is 1. The molecule has 0 aliphatic carbocycles. The highest BCUT2D eigenvalue weighted by molar-refractivity contribution is 6.03. The van der Waals surface area contributed by atoms with E-state index < -0.39 is 17.4 Å². The summed E-state index contributed by atoms with van der Waals surface area (Å²) in [6.07, 6.45) is 3.49. The summed E-state index contributed by atoms with van der Waals surface area (Å²) in [5.41, 5.74) is 0.949. The molecule has 0 unspecified atom stereocenters. The van der Waals surface area contributed by atoms with Gasteiger partial charge in [0.1, 0.15) is 17.1 Å². The number of fused-ring (bicyclic) bond motifs is 1. The Hall–Kier alpha value is -3.32. The minimum atomic E-state index is -0.750. The quantitative estimate of drug-likeness (QED) is 0.726. The van der Waals surface area contributed by atoms with Gasteiger partial charge in [0.2, 0.25) is 11.8 Å². The second kappa shape index (κ2) is 7.42. The monoisotopic (exact) mass is 420 g/mol. The summed E-state index contributed by atoms with van der Waals surface area (Å²) in [6, 6.07) is 14.9. The van der Waals surface area contributed by atoms with Crippen molar-refractivity contribution in [1.29, 1.82) is 0 Å². The van der Waals surface area contributed by atoms with Crippen LogP contribution in [0.15, 0.2) is 60.7 Å². The van der Waals surface area contributed by atoms with E-state index in [0.717, 1.165) is 22.7 Å². The summed E-state index contributed by atoms with van der Waals surface area (Å²) in [4.78, 5) is 28.2. The lowest BCUT2D eigenvalue weighted by Gasteiger charge is -2.23. The van der Waals surface area contributed by atoms with Gasteiger partial charge in [-0.05, 0) is 42.0 Å². The van der Waals surface area contributed by atoms with Crippen LogP contribution < -0.4 is 19.7 Å². The third-order valence-corrected chi connectivity index (χ3v) is 6.39. The molecule has 160 valence electrons. The van der Waals surface area contributed by atoms with E-state index in [1.807, 2.05) is 60.7 Å². The molecule has 3 aliphatic rings. The van der Waals surface area contributed by atoms with Crippen molar-refractivity contribution in [3.05, 3.63) is 66.2 Å². The zero-order valence-corrected chi connectivity index (χ0v) is 17.4. The molecule has 7 nitrogen and oxygen atoms in total. The molecule has 1 N–H and O–H groups in total. The molecule has 5 rings (SSSR count). The molecule has 0 radical (unpaired) electrons. The van der Waals surface area contributed by atoms with E-state index in [1.165, 1.54) is 0 Å². The highest BCUT2D eigenvalue weighted by Crippen LogP contribution is 2.52. The van der Waals surface area contributed by atoms with Gasteiger partial charge in [0.05, 0.1) is 38.7 Å². The summed E-state index contributed by atoms with van der Waals surface area (Å²) < 4.78 is 16.6. The summed E-state index contributed by atoms with van der Waals surface area (Å²) in [5, 5.41) is 2.98. The third kappa shape index (κ3) is 3.16. The van der Waals surface area contributed by atoms with Crippen LogP contribution in [-0.2, 0) is 20.9 Å². The van der Waals surface area contributed by atoms with E-state index in [9.17, 15) is 9.59 Å². The summed E-state index contributed by atoms with van der Waals surface area (Å²) in [6.45, 7) is 0.758. The number of ether oxygens (including phenoxy) is 3. The summed E-state index contributed by atoms with van der Waals surface area (Å²) >= 11 is 0. The predicted octanol–water partition coefficient (Wildman–Crippen LogP) is 2.31. The van der Waals surface area contributed by atoms with Crippen molar-refractivity contribution in [3.63, 3.8) is 0 Å². The highest BCUT2D eigenvalue weighted by Gasteiger charge is 2.67. The van der Waals surface area contributed by atoms with Crippen LogP contribution in [0.25, 0.3) is 0 Å². The predicted molar refractivity (Wildman–Crippen MR) is 114 cm³/mol. The van der Waals surface area contributed by atoms with Crippen LogP contribution in [0.5, 0.6) is 11.5 Å². The van der Waals surface area contributed by atoms with Gasteiger partial charge in [0.15, 0.2) is 0 Å². The number of nitrogens with one attached hydrogen (secondary N) is 1. The zero-order valence-electron chi connectivity index (χ0n) is 17.4. The smallest absolute Gasteiger partial charge is 0.234 e. The van der Waals surface area contributed by atoms with Crippen LogP contribution in [0.4, 0.5) is 5.69 Å². The Bertz CT molecular complexity index is 1050. The molecular formula is C24H24N2O5. The minimum absolute atomic E-state index is 0.0847. The Labute approximate surface area is 180 Å². The van der Waals surface area contributed by atoms with Crippen molar-refractivity contribution in [1.82, 2.24) is 5.32 Å². The van der Waals surface area contributed by atoms with Gasteiger partial charge in [-0.2, -0.15) is 0 Å². The average molecular weight is 420 g/mol. The maximum absolute atomic E-state index is 13.4. The third-order valence-electron chi connectivity index (χ3n) is 6.39. The fourth-order valence-corrected chi connectivity index (χ4v) is 4.87. The lowest BCUT2D eigenvalue weighted by molar-refractivity contribution is -0.132. The van der Waals surface area contributed by atoms with Crippen LogP contribution in [-0.4, -0.2) is 44.3 Å². The maximum Gasteiger partial charge on any atom is 0.234 e. The van der Waals surface area contributed by atoms with E-state index in [4.69, 9.17) is 14.2 Å². The Morgan fingerprint density at radius 3 is 2.68 bits per heavy atom. The number of carbonyl (C=O) groups is 2. The molecule has 2 saturated heterocycles. The van der Waals surface area contributed by atoms with Crippen molar-refractivity contribution in [3.8, 4) is 11.5 Å². The molecule has 0 saturated carbocycles. The summed E-state index contributed by atoms with van der Waals surface area (Å²) in [5.74, 6) is 0.118. The Morgan fingerprint density at radius 1 is 1.16 bits per heavy atom. The van der Waals surface area contributed by atoms with Crippen molar-refractivity contribution in [2.45, 2.75) is 18.2 Å². The number of amides is 2. The number of hydrogen-bond acceptors (Lipinski definition) is 5. The molecule has 2 bridgehead atoms. The number of benzene rings is 2. The van der Waals surface area contributed by atoms with Gasteiger partial charge >= 0.3 is 0 Å². The normalized spacial score (nSPS) is 28.0. The van der Waals surface area contributed by atoms with Gasteiger partial charge in [-0.1, -0.05) is 24.3 Å². The molecule has 2 fully saturated rings. The van der Waals surface area contributed by atoms with Crippen LogP contribution in [0.3, 0.4) is 0 Å². The number of carbonyl (C=O) groups excluding carboxylic acids is 2. The molecule has 0 aromatic heterocycles. The van der Waals surface area contributed by atoms with Gasteiger partial charge < -0.3 is 24.4 Å². The highest BCUT2D eigenvalue weighted by atomic mass is 16.5. The van der Waals surface area contributed by atoms with Crippen LogP contribution in [0, 0.1) is 11.8 Å². The largest absolute Gasteiger partial charge is 0.497 e. The van der Waals surface area contributed by atoms with Gasteiger partial charge in [-0.25, -0.2) is 0 Å². The Balaban J connectivity index is 1.34. The first-order valence-electron chi connectivity index (χ1n) is 10.3. The van der Waals surface area contributed by atoms with Gasteiger partial charge in [0.25, 0.3) is 0 Å². The molecule has 2 aromatic carbocycles.